The normalized spacial score (nSPS) is 14.3. The standard InChI is InChI=1S/C22H34O5/c1-15(7-6-8-16(2)10-14-20(24)22(3,4)26)9-11-17-18(23)12-13-19(27-5)21(17)25/h8-9,12-13,20,23-26H,6-7,10-11,14H2,1-5H3/t20-/m1/s1. The van der Waals surface area contributed by atoms with Crippen LogP contribution in [0.3, 0.4) is 0 Å². The van der Waals surface area contributed by atoms with Gasteiger partial charge in [0, 0.05) is 5.56 Å². The zero-order valence-electron chi connectivity index (χ0n) is 17.1. The molecule has 5 nitrogen and oxygen atoms in total. The van der Waals surface area contributed by atoms with E-state index in [9.17, 15) is 20.4 Å². The second kappa shape index (κ2) is 10.4. The topological polar surface area (TPSA) is 90.2 Å². The molecule has 0 aliphatic carbocycles. The van der Waals surface area contributed by atoms with Gasteiger partial charge >= 0.3 is 0 Å². The number of allylic oxidation sites excluding steroid dienone is 4. The van der Waals surface area contributed by atoms with Crippen LogP contribution in [0.1, 0.15) is 58.9 Å². The molecule has 0 saturated carbocycles. The third kappa shape index (κ3) is 7.65. The van der Waals surface area contributed by atoms with E-state index in [4.69, 9.17) is 4.74 Å². The number of ether oxygens (including phenoxy) is 1. The first-order valence-corrected chi connectivity index (χ1v) is 9.35. The number of methoxy groups -OCH3 is 1. The maximum Gasteiger partial charge on any atom is 0.164 e. The van der Waals surface area contributed by atoms with Crippen molar-refractivity contribution in [2.24, 2.45) is 0 Å². The summed E-state index contributed by atoms with van der Waals surface area (Å²) in [5.74, 6) is 0.377. The first kappa shape index (κ1) is 23.1. The molecule has 0 radical (unpaired) electrons. The van der Waals surface area contributed by atoms with Gasteiger partial charge in [0.1, 0.15) is 5.75 Å². The molecule has 0 heterocycles. The summed E-state index contributed by atoms with van der Waals surface area (Å²) >= 11 is 0. The smallest absolute Gasteiger partial charge is 0.164 e. The summed E-state index contributed by atoms with van der Waals surface area (Å²) in [6, 6.07) is 3.05. The summed E-state index contributed by atoms with van der Waals surface area (Å²) in [6.07, 6.45) is 6.88. The van der Waals surface area contributed by atoms with Crippen LogP contribution in [0.15, 0.2) is 35.4 Å². The Labute approximate surface area is 162 Å². The lowest BCUT2D eigenvalue weighted by Gasteiger charge is -2.24. The lowest BCUT2D eigenvalue weighted by atomic mass is 9.95. The molecule has 0 spiro atoms. The van der Waals surface area contributed by atoms with E-state index in [1.54, 1.807) is 13.8 Å². The van der Waals surface area contributed by atoms with Crippen molar-refractivity contribution < 1.29 is 25.2 Å². The molecule has 0 aliphatic rings. The number of hydrogen-bond donors (Lipinski definition) is 4. The first-order valence-electron chi connectivity index (χ1n) is 9.35. The van der Waals surface area contributed by atoms with Gasteiger partial charge in [0.25, 0.3) is 0 Å². The van der Waals surface area contributed by atoms with Gasteiger partial charge in [-0.3, -0.25) is 0 Å². The van der Waals surface area contributed by atoms with Crippen LogP contribution >= 0.6 is 0 Å². The second-order valence-corrected chi connectivity index (χ2v) is 7.67. The summed E-state index contributed by atoms with van der Waals surface area (Å²) < 4.78 is 5.08. The molecule has 1 rings (SSSR count). The molecule has 1 aromatic rings. The summed E-state index contributed by atoms with van der Waals surface area (Å²) in [5, 5.41) is 39.7. The highest BCUT2D eigenvalue weighted by Crippen LogP contribution is 2.36. The molecule has 0 bridgehead atoms. The van der Waals surface area contributed by atoms with Gasteiger partial charge in [-0.2, -0.15) is 0 Å². The minimum absolute atomic E-state index is 0.0253. The fourth-order valence-corrected chi connectivity index (χ4v) is 2.71. The van der Waals surface area contributed by atoms with Crippen LogP contribution in [-0.4, -0.2) is 39.2 Å². The Morgan fingerprint density at radius 3 is 2.33 bits per heavy atom. The lowest BCUT2D eigenvalue weighted by molar-refractivity contribution is -0.0509. The highest BCUT2D eigenvalue weighted by Gasteiger charge is 2.23. The zero-order valence-corrected chi connectivity index (χ0v) is 17.1. The third-order valence-electron chi connectivity index (χ3n) is 4.75. The highest BCUT2D eigenvalue weighted by molar-refractivity contribution is 5.53. The van der Waals surface area contributed by atoms with Gasteiger partial charge in [0.2, 0.25) is 0 Å². The minimum atomic E-state index is -1.07. The van der Waals surface area contributed by atoms with Crippen molar-refractivity contribution in [1.82, 2.24) is 0 Å². The van der Waals surface area contributed by atoms with E-state index in [-0.39, 0.29) is 11.5 Å². The molecule has 0 fully saturated rings. The Morgan fingerprint density at radius 1 is 1.11 bits per heavy atom. The van der Waals surface area contributed by atoms with Crippen LogP contribution in [0.5, 0.6) is 17.2 Å². The average Bonchev–Trinajstić information content (AvgIpc) is 2.58. The van der Waals surface area contributed by atoms with Crippen LogP contribution in [0, 0.1) is 0 Å². The van der Waals surface area contributed by atoms with Crippen LogP contribution in [0.2, 0.25) is 0 Å². The third-order valence-corrected chi connectivity index (χ3v) is 4.75. The van der Waals surface area contributed by atoms with Crippen LogP contribution in [-0.2, 0) is 6.42 Å². The average molecular weight is 379 g/mol. The summed E-state index contributed by atoms with van der Waals surface area (Å²) in [5.41, 5.74) is 1.74. The number of aliphatic hydroxyl groups excluding tert-OH is 1. The van der Waals surface area contributed by atoms with E-state index in [0.717, 1.165) is 24.8 Å². The van der Waals surface area contributed by atoms with Gasteiger partial charge in [0.15, 0.2) is 11.5 Å². The molecule has 4 N–H and O–H groups in total. The minimum Gasteiger partial charge on any atom is -0.508 e. The van der Waals surface area contributed by atoms with E-state index in [2.05, 4.69) is 6.08 Å². The van der Waals surface area contributed by atoms with Gasteiger partial charge in [-0.1, -0.05) is 23.3 Å². The fraction of sp³-hybridized carbons (Fsp3) is 0.545. The van der Waals surface area contributed by atoms with Gasteiger partial charge in [-0.05, 0) is 71.9 Å². The van der Waals surface area contributed by atoms with Crippen molar-refractivity contribution in [1.29, 1.82) is 0 Å². The first-order chi connectivity index (χ1) is 12.6. The van der Waals surface area contributed by atoms with Gasteiger partial charge in [-0.15, -0.1) is 0 Å². The lowest BCUT2D eigenvalue weighted by Crippen LogP contribution is -2.35. The van der Waals surface area contributed by atoms with Crippen LogP contribution in [0.25, 0.3) is 0 Å². The molecule has 0 aromatic heterocycles. The molecular weight excluding hydrogens is 344 g/mol. The molecule has 5 heteroatoms. The predicted molar refractivity (Wildman–Crippen MR) is 108 cm³/mol. The Bertz CT molecular complexity index is 668. The second-order valence-electron chi connectivity index (χ2n) is 7.67. The number of aromatic hydroxyl groups is 2. The Hall–Kier alpha value is -1.98. The molecule has 152 valence electrons. The number of rotatable bonds is 10. The van der Waals surface area contributed by atoms with Crippen molar-refractivity contribution in [3.63, 3.8) is 0 Å². The number of benzene rings is 1. The van der Waals surface area contributed by atoms with Crippen molar-refractivity contribution >= 4 is 0 Å². The van der Waals surface area contributed by atoms with Crippen molar-refractivity contribution in [3.05, 3.63) is 41.0 Å². The summed E-state index contributed by atoms with van der Waals surface area (Å²) in [6.45, 7) is 7.28. The number of hydrogen-bond acceptors (Lipinski definition) is 5. The SMILES string of the molecule is COc1ccc(O)c(CC=C(C)CCC=C(C)CC[C@@H](O)C(C)(C)O)c1O. The van der Waals surface area contributed by atoms with Gasteiger partial charge in [0.05, 0.1) is 18.8 Å². The molecule has 0 saturated heterocycles. The monoisotopic (exact) mass is 378 g/mol. The predicted octanol–water partition coefficient (Wildman–Crippen LogP) is 4.23. The van der Waals surface area contributed by atoms with Crippen LogP contribution < -0.4 is 4.74 Å². The molecule has 1 aromatic carbocycles. The maximum atomic E-state index is 10.1. The van der Waals surface area contributed by atoms with E-state index in [0.29, 0.717) is 24.2 Å². The number of phenolic OH excluding ortho intramolecular Hbond substituents is 2. The fourth-order valence-electron chi connectivity index (χ4n) is 2.71. The molecule has 27 heavy (non-hydrogen) atoms. The van der Waals surface area contributed by atoms with E-state index < -0.39 is 11.7 Å². The Balaban J connectivity index is 2.54. The van der Waals surface area contributed by atoms with Crippen LogP contribution in [0.4, 0.5) is 0 Å². The molecule has 1 atom stereocenters. The summed E-state index contributed by atoms with van der Waals surface area (Å²) in [7, 11) is 1.48. The maximum absolute atomic E-state index is 10.1. The molecule has 0 aliphatic heterocycles. The largest absolute Gasteiger partial charge is 0.508 e. The molecule has 0 amide bonds. The molecular formula is C22H34O5. The van der Waals surface area contributed by atoms with Crippen molar-refractivity contribution in [3.8, 4) is 17.2 Å². The quantitative estimate of drug-likeness (QED) is 0.457. The zero-order chi connectivity index (χ0) is 20.6. The Morgan fingerprint density at radius 2 is 1.74 bits per heavy atom. The van der Waals surface area contributed by atoms with Crippen molar-refractivity contribution in [2.45, 2.75) is 71.5 Å². The van der Waals surface area contributed by atoms with Gasteiger partial charge < -0.3 is 25.2 Å². The van der Waals surface area contributed by atoms with E-state index >= 15 is 0 Å². The van der Waals surface area contributed by atoms with Crippen molar-refractivity contribution in [2.75, 3.05) is 7.11 Å². The van der Waals surface area contributed by atoms with E-state index in [1.165, 1.54) is 24.8 Å². The molecule has 0 unspecified atom stereocenters. The number of aliphatic hydroxyl groups is 2. The van der Waals surface area contributed by atoms with E-state index in [1.807, 2.05) is 19.9 Å². The highest BCUT2D eigenvalue weighted by atomic mass is 16.5. The number of phenols is 2. The van der Waals surface area contributed by atoms with Gasteiger partial charge in [-0.25, -0.2) is 0 Å². The summed E-state index contributed by atoms with van der Waals surface area (Å²) in [4.78, 5) is 0. The Kier molecular flexibility index (Phi) is 8.86.